The van der Waals surface area contributed by atoms with Crippen LogP contribution in [0.15, 0.2) is 176 Å². The third-order valence-electron chi connectivity index (χ3n) is 11.1. The summed E-state index contributed by atoms with van der Waals surface area (Å²) in [5.41, 5.74) is 8.42. The molecule has 8 nitrogen and oxygen atoms in total. The lowest BCUT2D eigenvalue weighted by molar-refractivity contribution is -0.123. The van der Waals surface area contributed by atoms with Crippen molar-refractivity contribution in [1.82, 2.24) is 20.2 Å². The van der Waals surface area contributed by atoms with Gasteiger partial charge in [-0.05, 0) is 63.1 Å². The Bertz CT molecular complexity index is 2330. The maximum Gasteiger partial charge on any atom is 0.407 e. The summed E-state index contributed by atoms with van der Waals surface area (Å²) in [6.45, 7) is 3.19. The van der Waals surface area contributed by atoms with Gasteiger partial charge in [-0.2, -0.15) is 0 Å². The molecular weight excluding hydrogens is 733 g/mol. The summed E-state index contributed by atoms with van der Waals surface area (Å²) in [6, 6.07) is 54.2. The van der Waals surface area contributed by atoms with Crippen LogP contribution in [0.4, 0.5) is 4.79 Å². The number of amides is 2. The van der Waals surface area contributed by atoms with Gasteiger partial charge in [-0.3, -0.25) is 4.79 Å². The summed E-state index contributed by atoms with van der Waals surface area (Å²) in [5, 5.41) is 5.96. The lowest BCUT2D eigenvalue weighted by Gasteiger charge is -2.37. The Morgan fingerprint density at radius 3 is 1.81 bits per heavy atom. The van der Waals surface area contributed by atoms with Gasteiger partial charge >= 0.3 is 6.09 Å². The van der Waals surface area contributed by atoms with Crippen molar-refractivity contribution < 1.29 is 19.1 Å². The van der Waals surface area contributed by atoms with Crippen molar-refractivity contribution in [2.24, 2.45) is 0 Å². The summed E-state index contributed by atoms with van der Waals surface area (Å²) >= 11 is 0. The number of aromatic nitrogens is 2. The van der Waals surface area contributed by atoms with E-state index in [4.69, 9.17) is 14.5 Å². The standard InChI is InChI=1S/C51H48N4O4/c1-2-3-31-58-42-29-27-37(28-30-42)33-52-49(56)48(54-50(57)59-35-47-45-25-15-13-23-43(45)44-24-14-16-26-46(44)47)32-41-34-55(36-53-41)51(38-17-7-4-8-18-38,39-19-9-5-10-20-39)40-21-11-6-12-22-40/h4-30,34,36,47-48H,2-3,31-33,35H2,1H3,(H,52,56)(H,54,57)/t48-/m0/s1. The van der Waals surface area contributed by atoms with Gasteiger partial charge < -0.3 is 24.7 Å². The van der Waals surface area contributed by atoms with Crippen LogP contribution in [-0.2, 0) is 28.0 Å². The molecule has 1 aliphatic carbocycles. The van der Waals surface area contributed by atoms with E-state index in [0.29, 0.717) is 12.3 Å². The van der Waals surface area contributed by atoms with Gasteiger partial charge in [0.2, 0.25) is 5.91 Å². The van der Waals surface area contributed by atoms with Gasteiger partial charge in [0, 0.05) is 25.1 Å². The number of benzene rings is 6. The first-order valence-corrected chi connectivity index (χ1v) is 20.4. The number of ether oxygens (including phenoxy) is 2. The van der Waals surface area contributed by atoms with Crippen molar-refractivity contribution >= 4 is 12.0 Å². The Hall–Kier alpha value is -6.93. The summed E-state index contributed by atoms with van der Waals surface area (Å²) < 4.78 is 13.9. The number of unbranched alkanes of at least 4 members (excludes halogenated alkanes) is 1. The highest BCUT2D eigenvalue weighted by atomic mass is 16.5. The Balaban J connectivity index is 1.06. The molecular formula is C51H48N4O4. The molecule has 6 aromatic carbocycles. The number of fused-ring (bicyclic) bond motifs is 3. The minimum Gasteiger partial charge on any atom is -0.494 e. The van der Waals surface area contributed by atoms with Crippen LogP contribution in [0.5, 0.6) is 5.75 Å². The third-order valence-corrected chi connectivity index (χ3v) is 11.1. The SMILES string of the molecule is CCCCOc1ccc(CNC(=O)[C@H](Cc2cn(C(c3ccccc3)(c3ccccc3)c3ccccc3)cn2)NC(=O)OCC2c3ccccc3-c3ccccc32)cc1. The van der Waals surface area contributed by atoms with Crippen LogP contribution in [0, 0.1) is 0 Å². The molecule has 0 fully saturated rings. The molecule has 59 heavy (non-hydrogen) atoms. The van der Waals surface area contributed by atoms with Gasteiger partial charge in [-0.25, -0.2) is 9.78 Å². The second-order valence-corrected chi connectivity index (χ2v) is 14.9. The van der Waals surface area contributed by atoms with E-state index in [2.05, 4.69) is 82.8 Å². The molecule has 2 N–H and O–H groups in total. The van der Waals surface area contributed by atoms with E-state index in [1.165, 1.54) is 0 Å². The Kier molecular flexibility index (Phi) is 12.0. The van der Waals surface area contributed by atoms with Crippen molar-refractivity contribution in [2.75, 3.05) is 13.2 Å². The molecule has 0 saturated carbocycles. The van der Waals surface area contributed by atoms with Crippen LogP contribution in [0.3, 0.4) is 0 Å². The predicted octanol–water partition coefficient (Wildman–Crippen LogP) is 9.67. The molecule has 0 aliphatic heterocycles. The first-order valence-electron chi connectivity index (χ1n) is 20.4. The second kappa shape index (κ2) is 18.1. The first-order chi connectivity index (χ1) is 29.0. The quantitative estimate of drug-likeness (QED) is 0.0753. The number of alkyl carbamates (subject to hydrolysis) is 1. The van der Waals surface area contributed by atoms with Crippen LogP contribution >= 0.6 is 0 Å². The van der Waals surface area contributed by atoms with Crippen LogP contribution in [0.25, 0.3) is 11.1 Å². The van der Waals surface area contributed by atoms with E-state index >= 15 is 0 Å². The van der Waals surface area contributed by atoms with Gasteiger partial charge in [-0.15, -0.1) is 0 Å². The topological polar surface area (TPSA) is 94.5 Å². The fourth-order valence-electron chi connectivity index (χ4n) is 8.19. The molecule has 296 valence electrons. The predicted molar refractivity (Wildman–Crippen MR) is 231 cm³/mol. The molecule has 1 heterocycles. The van der Waals surface area contributed by atoms with Gasteiger partial charge in [-0.1, -0.05) is 165 Å². The Morgan fingerprint density at radius 2 is 1.25 bits per heavy atom. The zero-order valence-corrected chi connectivity index (χ0v) is 33.2. The van der Waals surface area contributed by atoms with Crippen LogP contribution in [-0.4, -0.2) is 40.8 Å². The van der Waals surface area contributed by atoms with Crippen molar-refractivity contribution in [1.29, 1.82) is 0 Å². The van der Waals surface area contributed by atoms with Gasteiger partial charge in [0.15, 0.2) is 0 Å². The lowest BCUT2D eigenvalue weighted by atomic mass is 9.77. The van der Waals surface area contributed by atoms with E-state index in [1.807, 2.05) is 116 Å². The van der Waals surface area contributed by atoms with Gasteiger partial charge in [0.1, 0.15) is 23.9 Å². The molecule has 0 saturated heterocycles. The number of rotatable bonds is 16. The molecule has 1 atom stereocenters. The van der Waals surface area contributed by atoms with Crippen LogP contribution in [0.2, 0.25) is 0 Å². The molecule has 8 heteroatoms. The van der Waals surface area contributed by atoms with E-state index in [9.17, 15) is 9.59 Å². The molecule has 8 rings (SSSR count). The number of nitrogens with zero attached hydrogens (tertiary/aromatic N) is 2. The minimum atomic E-state index is -0.981. The Labute approximate surface area is 345 Å². The maximum atomic E-state index is 14.1. The molecule has 2 amide bonds. The van der Waals surface area contributed by atoms with Crippen LogP contribution in [0.1, 0.15) is 64.8 Å². The molecule has 1 aromatic heterocycles. The van der Waals surface area contributed by atoms with E-state index in [1.54, 1.807) is 0 Å². The smallest absolute Gasteiger partial charge is 0.407 e. The van der Waals surface area contributed by atoms with Crippen molar-refractivity contribution in [3.63, 3.8) is 0 Å². The third kappa shape index (κ3) is 8.39. The molecule has 0 radical (unpaired) electrons. The Morgan fingerprint density at radius 1 is 0.712 bits per heavy atom. The average molecular weight is 781 g/mol. The van der Waals surface area contributed by atoms with Crippen molar-refractivity contribution in [2.45, 2.75) is 50.2 Å². The van der Waals surface area contributed by atoms with Crippen LogP contribution < -0.4 is 15.4 Å². The highest BCUT2D eigenvalue weighted by Crippen LogP contribution is 2.45. The summed E-state index contributed by atoms with van der Waals surface area (Å²) in [7, 11) is 0. The van der Waals surface area contributed by atoms with Crippen molar-refractivity contribution in [3.05, 3.63) is 215 Å². The maximum absolute atomic E-state index is 14.1. The fourth-order valence-corrected chi connectivity index (χ4v) is 8.19. The average Bonchev–Trinajstić information content (AvgIpc) is 3.89. The van der Waals surface area contributed by atoms with Gasteiger partial charge in [0.05, 0.1) is 18.6 Å². The second-order valence-electron chi connectivity index (χ2n) is 14.9. The zero-order valence-electron chi connectivity index (χ0n) is 33.2. The largest absolute Gasteiger partial charge is 0.494 e. The molecule has 0 unspecified atom stereocenters. The monoisotopic (exact) mass is 780 g/mol. The number of carbonyl (C=O) groups is 2. The number of nitrogens with one attached hydrogen (secondary N) is 2. The summed E-state index contributed by atoms with van der Waals surface area (Å²) in [5.74, 6) is 0.320. The normalized spacial score (nSPS) is 12.6. The molecule has 7 aromatic rings. The highest BCUT2D eigenvalue weighted by Gasteiger charge is 2.39. The fraction of sp³-hybridized carbons (Fsp3) is 0.196. The highest BCUT2D eigenvalue weighted by molar-refractivity contribution is 5.86. The first kappa shape index (κ1) is 38.9. The molecule has 0 bridgehead atoms. The van der Waals surface area contributed by atoms with E-state index in [0.717, 1.165) is 63.1 Å². The van der Waals surface area contributed by atoms with E-state index < -0.39 is 17.7 Å². The summed E-state index contributed by atoms with van der Waals surface area (Å²) in [6.07, 6.45) is 5.29. The van der Waals surface area contributed by atoms with Crippen molar-refractivity contribution in [3.8, 4) is 16.9 Å². The summed E-state index contributed by atoms with van der Waals surface area (Å²) in [4.78, 5) is 32.7. The lowest BCUT2D eigenvalue weighted by Crippen LogP contribution is -2.48. The zero-order chi connectivity index (χ0) is 40.4. The van der Waals surface area contributed by atoms with Gasteiger partial charge in [0.25, 0.3) is 0 Å². The number of hydrogen-bond acceptors (Lipinski definition) is 5. The molecule has 0 spiro atoms. The number of hydrogen-bond donors (Lipinski definition) is 2. The number of carbonyl (C=O) groups excluding carboxylic acids is 2. The molecule has 1 aliphatic rings. The van der Waals surface area contributed by atoms with E-state index in [-0.39, 0.29) is 31.4 Å². The minimum absolute atomic E-state index is 0.118. The number of imidazole rings is 1.